The molecule has 1 heterocycles. The van der Waals surface area contributed by atoms with E-state index in [-0.39, 0.29) is 0 Å². The first-order valence-electron chi connectivity index (χ1n) is 4.80. The topological polar surface area (TPSA) is 43.8 Å². The van der Waals surface area contributed by atoms with E-state index in [9.17, 15) is 0 Å². The van der Waals surface area contributed by atoms with Crippen molar-refractivity contribution in [2.24, 2.45) is 0 Å². The van der Waals surface area contributed by atoms with Gasteiger partial charge in [-0.05, 0) is 19.1 Å². The van der Waals surface area contributed by atoms with Crippen molar-refractivity contribution in [2.45, 2.75) is 13.5 Å². The van der Waals surface area contributed by atoms with E-state index in [1.807, 2.05) is 37.3 Å². The van der Waals surface area contributed by atoms with Crippen LogP contribution < -0.4 is 5.73 Å². The minimum absolute atomic E-state index is 0.674. The monoisotopic (exact) mass is 221 g/mol. The quantitative estimate of drug-likeness (QED) is 0.848. The Bertz CT molecular complexity index is 476. The summed E-state index contributed by atoms with van der Waals surface area (Å²) in [6.45, 7) is 2.78. The number of nitrogens with two attached hydrogens (primary N) is 1. The van der Waals surface area contributed by atoms with Gasteiger partial charge in [-0.15, -0.1) is 0 Å². The molecule has 0 aliphatic carbocycles. The standard InChI is InChI=1S/C11H12ClN3/c1-2-15-11(13)7-10(14-15)8-4-3-5-9(12)6-8/h3-7H,2,13H2,1H3. The molecule has 78 valence electrons. The van der Waals surface area contributed by atoms with Gasteiger partial charge in [-0.3, -0.25) is 0 Å². The lowest BCUT2D eigenvalue weighted by atomic mass is 10.1. The summed E-state index contributed by atoms with van der Waals surface area (Å²) in [6, 6.07) is 9.44. The van der Waals surface area contributed by atoms with Crippen molar-refractivity contribution in [1.29, 1.82) is 0 Å². The largest absolute Gasteiger partial charge is 0.384 e. The number of rotatable bonds is 2. The summed E-state index contributed by atoms with van der Waals surface area (Å²) >= 11 is 5.91. The second-order valence-corrected chi connectivity index (χ2v) is 3.72. The molecule has 0 fully saturated rings. The van der Waals surface area contributed by atoms with Gasteiger partial charge in [0.25, 0.3) is 0 Å². The molecule has 4 heteroatoms. The Balaban J connectivity index is 2.45. The van der Waals surface area contributed by atoms with Gasteiger partial charge >= 0.3 is 0 Å². The first kappa shape index (κ1) is 10.1. The van der Waals surface area contributed by atoms with E-state index < -0.39 is 0 Å². The van der Waals surface area contributed by atoms with Crippen molar-refractivity contribution in [1.82, 2.24) is 9.78 Å². The zero-order valence-electron chi connectivity index (χ0n) is 8.44. The highest BCUT2D eigenvalue weighted by Gasteiger charge is 2.05. The van der Waals surface area contributed by atoms with Crippen LogP contribution in [0.3, 0.4) is 0 Å². The van der Waals surface area contributed by atoms with Crippen molar-refractivity contribution >= 4 is 17.4 Å². The zero-order valence-corrected chi connectivity index (χ0v) is 9.20. The fraction of sp³-hybridized carbons (Fsp3) is 0.182. The van der Waals surface area contributed by atoms with Gasteiger partial charge in [-0.1, -0.05) is 23.7 Å². The van der Waals surface area contributed by atoms with Gasteiger partial charge < -0.3 is 5.73 Å². The second kappa shape index (κ2) is 3.95. The Morgan fingerprint density at radius 3 is 2.80 bits per heavy atom. The van der Waals surface area contributed by atoms with Gasteiger partial charge in [-0.25, -0.2) is 4.68 Å². The summed E-state index contributed by atoms with van der Waals surface area (Å²) in [5.41, 5.74) is 7.64. The number of benzene rings is 1. The summed E-state index contributed by atoms with van der Waals surface area (Å²) in [7, 11) is 0. The van der Waals surface area contributed by atoms with Crippen LogP contribution in [-0.2, 0) is 6.54 Å². The van der Waals surface area contributed by atoms with Gasteiger partial charge in [0.05, 0.1) is 5.69 Å². The van der Waals surface area contributed by atoms with Crippen LogP contribution in [0.25, 0.3) is 11.3 Å². The van der Waals surface area contributed by atoms with Gasteiger partial charge in [0.1, 0.15) is 5.82 Å². The molecule has 0 radical (unpaired) electrons. The Morgan fingerprint density at radius 2 is 2.20 bits per heavy atom. The minimum Gasteiger partial charge on any atom is -0.384 e. The Morgan fingerprint density at radius 1 is 1.40 bits per heavy atom. The Kier molecular flexibility index (Phi) is 2.64. The summed E-state index contributed by atoms with van der Waals surface area (Å²) in [4.78, 5) is 0. The normalized spacial score (nSPS) is 10.5. The van der Waals surface area contributed by atoms with Gasteiger partial charge in [0, 0.05) is 23.2 Å². The SMILES string of the molecule is CCn1nc(-c2cccc(Cl)c2)cc1N. The number of nitrogens with zero attached hydrogens (tertiary/aromatic N) is 2. The molecule has 2 aromatic rings. The van der Waals surface area contributed by atoms with Crippen LogP contribution in [0.2, 0.25) is 5.02 Å². The molecule has 0 saturated carbocycles. The molecule has 1 aromatic carbocycles. The summed E-state index contributed by atoms with van der Waals surface area (Å²) in [6.07, 6.45) is 0. The number of hydrogen-bond donors (Lipinski definition) is 1. The molecule has 0 aliphatic rings. The molecule has 15 heavy (non-hydrogen) atoms. The average Bonchev–Trinajstić information content (AvgIpc) is 2.60. The fourth-order valence-electron chi connectivity index (χ4n) is 1.47. The number of nitrogen functional groups attached to an aromatic ring is 1. The molecule has 3 nitrogen and oxygen atoms in total. The van der Waals surface area contributed by atoms with Crippen LogP contribution in [0.15, 0.2) is 30.3 Å². The second-order valence-electron chi connectivity index (χ2n) is 3.28. The first-order chi connectivity index (χ1) is 7.20. The third kappa shape index (κ3) is 1.97. The van der Waals surface area contributed by atoms with Gasteiger partial charge in [0.2, 0.25) is 0 Å². The van der Waals surface area contributed by atoms with Crippen molar-refractivity contribution in [3.05, 3.63) is 35.4 Å². The molecule has 0 aliphatic heterocycles. The van der Waals surface area contributed by atoms with Crippen LogP contribution in [0, 0.1) is 0 Å². The summed E-state index contributed by atoms with van der Waals surface area (Å²) in [5, 5.41) is 5.08. The smallest absolute Gasteiger partial charge is 0.122 e. The van der Waals surface area contributed by atoms with Crippen LogP contribution in [0.4, 0.5) is 5.82 Å². The highest BCUT2D eigenvalue weighted by atomic mass is 35.5. The van der Waals surface area contributed by atoms with E-state index in [1.165, 1.54) is 0 Å². The molecule has 1 aromatic heterocycles. The van der Waals surface area contributed by atoms with Crippen LogP contribution in [-0.4, -0.2) is 9.78 Å². The highest BCUT2D eigenvalue weighted by Crippen LogP contribution is 2.23. The third-order valence-electron chi connectivity index (χ3n) is 2.23. The van der Waals surface area contributed by atoms with E-state index in [4.69, 9.17) is 17.3 Å². The molecule has 0 amide bonds. The number of anilines is 1. The number of halogens is 1. The predicted molar refractivity (Wildman–Crippen MR) is 62.8 cm³/mol. The molecule has 2 N–H and O–H groups in total. The summed E-state index contributed by atoms with van der Waals surface area (Å²) < 4.78 is 1.76. The van der Waals surface area contributed by atoms with Crippen LogP contribution >= 0.6 is 11.6 Å². The lowest BCUT2D eigenvalue weighted by molar-refractivity contribution is 0.672. The average molecular weight is 222 g/mol. The molecule has 0 saturated heterocycles. The Hall–Kier alpha value is -1.48. The molecule has 0 bridgehead atoms. The first-order valence-corrected chi connectivity index (χ1v) is 5.17. The van der Waals surface area contributed by atoms with E-state index >= 15 is 0 Å². The van der Waals surface area contributed by atoms with Crippen LogP contribution in [0.5, 0.6) is 0 Å². The maximum atomic E-state index is 5.91. The number of hydrogen-bond acceptors (Lipinski definition) is 2. The maximum absolute atomic E-state index is 5.91. The zero-order chi connectivity index (χ0) is 10.8. The van der Waals surface area contributed by atoms with E-state index in [0.717, 1.165) is 17.8 Å². The number of aromatic nitrogens is 2. The molecule has 0 atom stereocenters. The Labute approximate surface area is 93.5 Å². The van der Waals surface area contributed by atoms with Crippen molar-refractivity contribution in [2.75, 3.05) is 5.73 Å². The van der Waals surface area contributed by atoms with E-state index in [0.29, 0.717) is 10.8 Å². The minimum atomic E-state index is 0.674. The summed E-state index contributed by atoms with van der Waals surface area (Å²) in [5.74, 6) is 0.674. The molecule has 0 unspecified atom stereocenters. The predicted octanol–water partition coefficient (Wildman–Crippen LogP) is 2.81. The van der Waals surface area contributed by atoms with Gasteiger partial charge in [-0.2, -0.15) is 5.10 Å². The molecule has 0 spiro atoms. The van der Waals surface area contributed by atoms with Crippen molar-refractivity contribution < 1.29 is 0 Å². The maximum Gasteiger partial charge on any atom is 0.122 e. The highest BCUT2D eigenvalue weighted by molar-refractivity contribution is 6.30. The lowest BCUT2D eigenvalue weighted by Crippen LogP contribution is -2.01. The van der Waals surface area contributed by atoms with Crippen LogP contribution in [0.1, 0.15) is 6.92 Å². The molecule has 2 rings (SSSR count). The van der Waals surface area contributed by atoms with E-state index in [2.05, 4.69) is 5.10 Å². The molecular formula is C11H12ClN3. The molecular weight excluding hydrogens is 210 g/mol. The third-order valence-corrected chi connectivity index (χ3v) is 2.47. The number of aryl methyl sites for hydroxylation is 1. The van der Waals surface area contributed by atoms with Crippen molar-refractivity contribution in [3.8, 4) is 11.3 Å². The fourth-order valence-corrected chi connectivity index (χ4v) is 1.66. The lowest BCUT2D eigenvalue weighted by Gasteiger charge is -1.97. The van der Waals surface area contributed by atoms with Gasteiger partial charge in [0.15, 0.2) is 0 Å². The van der Waals surface area contributed by atoms with Crippen molar-refractivity contribution in [3.63, 3.8) is 0 Å². The van der Waals surface area contributed by atoms with E-state index in [1.54, 1.807) is 4.68 Å².